The van der Waals surface area contributed by atoms with Crippen molar-refractivity contribution in [3.8, 4) is 0 Å². The minimum atomic E-state index is -0.123. The van der Waals surface area contributed by atoms with Crippen molar-refractivity contribution in [1.82, 2.24) is 15.0 Å². The normalized spacial score (nSPS) is 16.8. The van der Waals surface area contributed by atoms with Gasteiger partial charge in [-0.2, -0.15) is 5.10 Å². The van der Waals surface area contributed by atoms with Crippen LogP contribution in [0.1, 0.15) is 43.0 Å². The Bertz CT molecular complexity index is 1020. The second-order valence-electron chi connectivity index (χ2n) is 7.27. The van der Waals surface area contributed by atoms with E-state index < -0.39 is 0 Å². The molecule has 0 spiro atoms. The number of carbonyl (C=O) groups is 1. The molecule has 1 aliphatic heterocycles. The summed E-state index contributed by atoms with van der Waals surface area (Å²) in [6.07, 6.45) is 4.06. The summed E-state index contributed by atoms with van der Waals surface area (Å²) in [5, 5.41) is 6.36. The molecule has 27 heavy (non-hydrogen) atoms. The number of hydrogen-bond acceptors (Lipinski definition) is 4. The lowest BCUT2D eigenvalue weighted by atomic mass is 9.97. The zero-order valence-electron chi connectivity index (χ0n) is 15.8. The van der Waals surface area contributed by atoms with E-state index >= 15 is 0 Å². The lowest BCUT2D eigenvalue weighted by Gasteiger charge is -2.23. The van der Waals surface area contributed by atoms with E-state index in [1.807, 2.05) is 32.0 Å². The minimum Gasteiger partial charge on any atom is -0.273 e. The van der Waals surface area contributed by atoms with E-state index in [1.165, 1.54) is 5.56 Å². The van der Waals surface area contributed by atoms with Crippen LogP contribution in [0, 0.1) is 12.8 Å². The third-order valence-corrected chi connectivity index (χ3v) is 4.89. The number of amides is 1. The SMILES string of the molecule is Cc1ccc(C2=NN(C(=O)C(C)C)C(c3ccc4nccnc4c3)C2)cc1. The number of carbonyl (C=O) groups excluding carboxylic acids is 1. The van der Waals surface area contributed by atoms with Crippen LogP contribution >= 0.6 is 0 Å². The number of rotatable bonds is 3. The van der Waals surface area contributed by atoms with Gasteiger partial charge in [0.25, 0.3) is 0 Å². The molecule has 136 valence electrons. The van der Waals surface area contributed by atoms with Gasteiger partial charge in [0.15, 0.2) is 0 Å². The Balaban J connectivity index is 1.73. The summed E-state index contributed by atoms with van der Waals surface area (Å²) >= 11 is 0. The average Bonchev–Trinajstić information content (AvgIpc) is 3.12. The zero-order chi connectivity index (χ0) is 19.0. The monoisotopic (exact) mass is 358 g/mol. The molecular formula is C22H22N4O. The number of hydrazone groups is 1. The zero-order valence-corrected chi connectivity index (χ0v) is 15.8. The molecule has 1 unspecified atom stereocenters. The van der Waals surface area contributed by atoms with Crippen LogP contribution in [0.15, 0.2) is 60.0 Å². The van der Waals surface area contributed by atoms with Crippen LogP contribution in [0.25, 0.3) is 11.0 Å². The van der Waals surface area contributed by atoms with Crippen LogP contribution in [0.2, 0.25) is 0 Å². The maximum atomic E-state index is 12.8. The summed E-state index contributed by atoms with van der Waals surface area (Å²) in [5.74, 6) is -0.0878. The molecule has 0 saturated carbocycles. The molecule has 5 nitrogen and oxygen atoms in total. The van der Waals surface area contributed by atoms with Crippen molar-refractivity contribution in [2.24, 2.45) is 11.0 Å². The quantitative estimate of drug-likeness (QED) is 0.702. The summed E-state index contributed by atoms with van der Waals surface area (Å²) < 4.78 is 0. The van der Waals surface area contributed by atoms with Crippen LogP contribution in [-0.4, -0.2) is 26.6 Å². The Labute approximate surface area is 158 Å². The number of aromatic nitrogens is 2. The van der Waals surface area contributed by atoms with Crippen LogP contribution in [-0.2, 0) is 4.79 Å². The third-order valence-electron chi connectivity index (χ3n) is 4.89. The highest BCUT2D eigenvalue weighted by Crippen LogP contribution is 2.34. The molecule has 1 amide bonds. The van der Waals surface area contributed by atoms with Crippen molar-refractivity contribution in [2.75, 3.05) is 0 Å². The molecule has 0 aliphatic carbocycles. The first kappa shape index (κ1) is 17.3. The molecule has 5 heteroatoms. The van der Waals surface area contributed by atoms with Gasteiger partial charge in [0.05, 0.1) is 22.8 Å². The van der Waals surface area contributed by atoms with E-state index in [0.717, 1.165) is 27.9 Å². The van der Waals surface area contributed by atoms with Crippen molar-refractivity contribution in [1.29, 1.82) is 0 Å². The van der Waals surface area contributed by atoms with Crippen LogP contribution in [0.3, 0.4) is 0 Å². The minimum absolute atomic E-state index is 0.0290. The smallest absolute Gasteiger partial charge is 0.245 e. The molecule has 1 aliphatic rings. The first-order valence-corrected chi connectivity index (χ1v) is 9.21. The summed E-state index contributed by atoms with van der Waals surface area (Å²) in [4.78, 5) is 21.5. The van der Waals surface area contributed by atoms with Crippen molar-refractivity contribution in [2.45, 2.75) is 33.2 Å². The second kappa shape index (κ2) is 6.91. The molecule has 2 heterocycles. The lowest BCUT2D eigenvalue weighted by Crippen LogP contribution is -2.30. The van der Waals surface area contributed by atoms with Gasteiger partial charge in [-0.3, -0.25) is 14.8 Å². The van der Waals surface area contributed by atoms with Gasteiger partial charge in [0.2, 0.25) is 5.91 Å². The number of nitrogens with zero attached hydrogens (tertiary/aromatic N) is 4. The van der Waals surface area contributed by atoms with Crippen LogP contribution in [0.5, 0.6) is 0 Å². The molecule has 2 aromatic carbocycles. The summed E-state index contributed by atoms with van der Waals surface area (Å²) in [7, 11) is 0. The van der Waals surface area contributed by atoms with Crippen LogP contribution in [0.4, 0.5) is 0 Å². The van der Waals surface area contributed by atoms with Gasteiger partial charge >= 0.3 is 0 Å². The van der Waals surface area contributed by atoms with E-state index in [0.29, 0.717) is 6.42 Å². The molecule has 3 aromatic rings. The van der Waals surface area contributed by atoms with Crippen molar-refractivity contribution >= 4 is 22.7 Å². The van der Waals surface area contributed by atoms with Gasteiger partial charge in [0, 0.05) is 24.7 Å². The van der Waals surface area contributed by atoms with Gasteiger partial charge in [0.1, 0.15) is 0 Å². The first-order chi connectivity index (χ1) is 13.0. The Morgan fingerprint density at radius 3 is 2.44 bits per heavy atom. The molecular weight excluding hydrogens is 336 g/mol. The molecule has 4 rings (SSSR count). The lowest BCUT2D eigenvalue weighted by molar-refractivity contribution is -0.136. The van der Waals surface area contributed by atoms with E-state index in [9.17, 15) is 4.79 Å². The number of benzene rings is 2. The fraction of sp³-hybridized carbons (Fsp3) is 0.273. The highest BCUT2D eigenvalue weighted by Gasteiger charge is 2.34. The van der Waals surface area contributed by atoms with E-state index in [4.69, 9.17) is 5.10 Å². The number of aryl methyl sites for hydroxylation is 1. The predicted molar refractivity (Wildman–Crippen MR) is 106 cm³/mol. The van der Waals surface area contributed by atoms with Gasteiger partial charge in [-0.05, 0) is 30.2 Å². The third kappa shape index (κ3) is 3.33. The maximum absolute atomic E-state index is 12.8. The van der Waals surface area contributed by atoms with Crippen molar-refractivity contribution in [3.05, 3.63) is 71.5 Å². The molecule has 0 bridgehead atoms. The van der Waals surface area contributed by atoms with E-state index in [-0.39, 0.29) is 17.9 Å². The maximum Gasteiger partial charge on any atom is 0.245 e. The van der Waals surface area contributed by atoms with Crippen molar-refractivity contribution < 1.29 is 4.79 Å². The highest BCUT2D eigenvalue weighted by molar-refractivity contribution is 6.03. The van der Waals surface area contributed by atoms with Crippen LogP contribution < -0.4 is 0 Å². The Morgan fingerprint density at radius 2 is 1.74 bits per heavy atom. The molecule has 0 fully saturated rings. The summed E-state index contributed by atoms with van der Waals surface area (Å²) in [6, 6.07) is 14.2. The van der Waals surface area contributed by atoms with Gasteiger partial charge in [-0.15, -0.1) is 0 Å². The fourth-order valence-corrected chi connectivity index (χ4v) is 3.35. The molecule has 0 radical (unpaired) electrons. The topological polar surface area (TPSA) is 58.5 Å². The molecule has 0 saturated heterocycles. The van der Waals surface area contributed by atoms with Crippen molar-refractivity contribution in [3.63, 3.8) is 0 Å². The van der Waals surface area contributed by atoms with Gasteiger partial charge in [-0.25, -0.2) is 5.01 Å². The Hall–Kier alpha value is -3.08. The Kier molecular flexibility index (Phi) is 4.44. The number of fused-ring (bicyclic) bond motifs is 1. The first-order valence-electron chi connectivity index (χ1n) is 9.21. The molecule has 1 aromatic heterocycles. The van der Waals surface area contributed by atoms with E-state index in [2.05, 4.69) is 41.2 Å². The average molecular weight is 358 g/mol. The molecule has 1 atom stereocenters. The second-order valence-corrected chi connectivity index (χ2v) is 7.27. The standard InChI is InChI=1S/C22H22N4O/c1-14(2)22(27)26-21(13-19(25-26)16-6-4-15(3)5-7-16)17-8-9-18-20(12-17)24-11-10-23-18/h4-12,14,21H,13H2,1-3H3. The van der Waals surface area contributed by atoms with Gasteiger partial charge in [-0.1, -0.05) is 49.7 Å². The molecule has 0 N–H and O–H groups in total. The summed E-state index contributed by atoms with van der Waals surface area (Å²) in [5.41, 5.74) is 5.91. The summed E-state index contributed by atoms with van der Waals surface area (Å²) in [6.45, 7) is 5.88. The Morgan fingerprint density at radius 1 is 1.04 bits per heavy atom. The van der Waals surface area contributed by atoms with E-state index in [1.54, 1.807) is 17.4 Å². The predicted octanol–water partition coefficient (Wildman–Crippen LogP) is 4.27. The highest BCUT2D eigenvalue weighted by atomic mass is 16.2. The van der Waals surface area contributed by atoms with Gasteiger partial charge < -0.3 is 0 Å². The fourth-order valence-electron chi connectivity index (χ4n) is 3.35. The number of hydrogen-bond donors (Lipinski definition) is 0. The largest absolute Gasteiger partial charge is 0.273 e.